The van der Waals surface area contributed by atoms with E-state index in [0.717, 1.165) is 19.4 Å². The van der Waals surface area contributed by atoms with Gasteiger partial charge in [-0.2, -0.15) is 0 Å². The molecule has 1 N–H and O–H groups in total. The van der Waals surface area contributed by atoms with Crippen molar-refractivity contribution in [3.8, 4) is 0 Å². The fourth-order valence-electron chi connectivity index (χ4n) is 5.29. The van der Waals surface area contributed by atoms with E-state index < -0.39 is 0 Å². The van der Waals surface area contributed by atoms with Crippen molar-refractivity contribution in [1.82, 2.24) is 19.7 Å². The number of hydrogen-bond donors (Lipinski definition) is 1. The van der Waals surface area contributed by atoms with Gasteiger partial charge in [0.05, 0.1) is 0 Å². The summed E-state index contributed by atoms with van der Waals surface area (Å²) in [4.78, 5) is 33.2. The number of piperidine rings is 1. The van der Waals surface area contributed by atoms with E-state index in [1.165, 1.54) is 31.8 Å². The highest BCUT2D eigenvalue weighted by Crippen LogP contribution is 2.44. The summed E-state index contributed by atoms with van der Waals surface area (Å²) in [6.45, 7) is 1.67. The first-order valence-corrected chi connectivity index (χ1v) is 9.37. The third-order valence-corrected chi connectivity index (χ3v) is 6.48. The zero-order valence-corrected chi connectivity index (χ0v) is 15.2. The average Bonchev–Trinajstić information content (AvgIpc) is 3.14. The first-order valence-electron chi connectivity index (χ1n) is 9.37. The quantitative estimate of drug-likeness (QED) is 0.842. The molecular weight excluding hydrogens is 328 g/mol. The van der Waals surface area contributed by atoms with Crippen LogP contribution in [0.15, 0.2) is 24.4 Å². The van der Waals surface area contributed by atoms with Gasteiger partial charge >= 0.3 is 6.03 Å². The highest BCUT2D eigenvalue weighted by Gasteiger charge is 2.42. The fourth-order valence-corrected chi connectivity index (χ4v) is 5.29. The number of urea groups is 1. The topological polar surface area (TPSA) is 59.7 Å². The number of carbonyl (C=O) groups is 2. The Labute approximate surface area is 152 Å². The van der Waals surface area contributed by atoms with E-state index in [9.17, 15) is 9.59 Å². The second kappa shape index (κ2) is 5.58. The van der Waals surface area contributed by atoms with Crippen molar-refractivity contribution < 1.29 is 9.59 Å². The molecule has 2 aromatic rings. The van der Waals surface area contributed by atoms with E-state index in [2.05, 4.69) is 41.3 Å². The standard InChI is InChI=1S/C20H24N4O2/c1-22-9-12(10-24-18(25)11-23(2)20(24)26)6-15-14-4-3-5-16-19(14)13(8-21-16)7-17(15)22/h3-5,8,12,15,17,21H,6-7,9-11H2,1-2H3/t12-,15-,17-/m1/s1. The maximum Gasteiger partial charge on any atom is 0.326 e. The Morgan fingerprint density at radius 2 is 2.08 bits per heavy atom. The largest absolute Gasteiger partial charge is 0.361 e. The molecule has 0 radical (unpaired) electrons. The van der Waals surface area contributed by atoms with Crippen molar-refractivity contribution in [2.24, 2.45) is 5.92 Å². The van der Waals surface area contributed by atoms with Crippen molar-refractivity contribution >= 4 is 22.8 Å². The summed E-state index contributed by atoms with van der Waals surface area (Å²) >= 11 is 0. The Morgan fingerprint density at radius 3 is 2.85 bits per heavy atom. The molecule has 3 atom stereocenters. The Morgan fingerprint density at radius 1 is 1.23 bits per heavy atom. The van der Waals surface area contributed by atoms with Crippen LogP contribution in [-0.2, 0) is 11.2 Å². The lowest BCUT2D eigenvalue weighted by Gasteiger charge is -2.46. The van der Waals surface area contributed by atoms with Crippen LogP contribution in [0.1, 0.15) is 23.5 Å². The maximum atomic E-state index is 12.2. The molecule has 136 valence electrons. The minimum atomic E-state index is -0.154. The Balaban J connectivity index is 1.44. The second-order valence-corrected chi connectivity index (χ2v) is 8.15. The van der Waals surface area contributed by atoms with Gasteiger partial charge < -0.3 is 14.8 Å². The second-order valence-electron chi connectivity index (χ2n) is 8.15. The fraction of sp³-hybridized carbons (Fsp3) is 0.500. The molecule has 0 saturated carbocycles. The zero-order chi connectivity index (χ0) is 18.0. The molecule has 0 unspecified atom stereocenters. The van der Waals surface area contributed by atoms with Gasteiger partial charge in [-0.3, -0.25) is 9.69 Å². The van der Waals surface area contributed by atoms with E-state index in [1.54, 1.807) is 7.05 Å². The predicted molar refractivity (Wildman–Crippen MR) is 99.0 cm³/mol. The van der Waals surface area contributed by atoms with Crippen LogP contribution in [0.3, 0.4) is 0 Å². The van der Waals surface area contributed by atoms with E-state index in [-0.39, 0.29) is 18.5 Å². The molecule has 1 aromatic carbocycles. The van der Waals surface area contributed by atoms with Crippen LogP contribution in [0.2, 0.25) is 0 Å². The van der Waals surface area contributed by atoms with Gasteiger partial charge in [0, 0.05) is 49.2 Å². The van der Waals surface area contributed by atoms with E-state index in [0.29, 0.717) is 24.4 Å². The molecule has 2 saturated heterocycles. The number of fused-ring (bicyclic) bond motifs is 2. The summed E-state index contributed by atoms with van der Waals surface area (Å²) in [7, 11) is 3.87. The number of benzene rings is 1. The molecule has 3 amide bonds. The van der Waals surface area contributed by atoms with Crippen LogP contribution in [0.25, 0.3) is 10.9 Å². The van der Waals surface area contributed by atoms with Gasteiger partial charge in [-0.1, -0.05) is 12.1 Å². The molecule has 2 fully saturated rings. The number of H-pyrrole nitrogens is 1. The van der Waals surface area contributed by atoms with Gasteiger partial charge in [0.15, 0.2) is 0 Å². The summed E-state index contributed by atoms with van der Waals surface area (Å²) in [5, 5.41) is 1.39. The smallest absolute Gasteiger partial charge is 0.326 e. The molecule has 0 spiro atoms. The molecular formula is C20H24N4O2. The minimum Gasteiger partial charge on any atom is -0.361 e. The normalized spacial score (nSPS) is 28.9. The third kappa shape index (κ3) is 2.21. The Kier molecular flexibility index (Phi) is 3.41. The van der Waals surface area contributed by atoms with Crippen molar-refractivity contribution in [3.63, 3.8) is 0 Å². The summed E-state index contributed by atoms with van der Waals surface area (Å²) in [5.41, 5.74) is 4.05. The number of imide groups is 1. The summed E-state index contributed by atoms with van der Waals surface area (Å²) < 4.78 is 0. The summed E-state index contributed by atoms with van der Waals surface area (Å²) in [6, 6.07) is 6.87. The van der Waals surface area contributed by atoms with Crippen LogP contribution >= 0.6 is 0 Å². The Hall–Kier alpha value is -2.34. The molecule has 26 heavy (non-hydrogen) atoms. The summed E-state index contributed by atoms with van der Waals surface area (Å²) in [6.07, 6.45) is 4.25. The minimum absolute atomic E-state index is 0.0686. The van der Waals surface area contributed by atoms with E-state index >= 15 is 0 Å². The monoisotopic (exact) mass is 352 g/mol. The lowest BCUT2D eigenvalue weighted by molar-refractivity contribution is -0.126. The first kappa shape index (κ1) is 15.9. The summed E-state index contributed by atoms with van der Waals surface area (Å²) in [5.74, 6) is 0.702. The number of nitrogens with one attached hydrogen (secondary N) is 1. The highest BCUT2D eigenvalue weighted by molar-refractivity contribution is 6.01. The first-order chi connectivity index (χ1) is 12.5. The number of hydrogen-bond acceptors (Lipinski definition) is 3. The van der Waals surface area contributed by atoms with Gasteiger partial charge in [-0.25, -0.2) is 4.79 Å². The number of rotatable bonds is 2. The number of likely N-dealkylation sites (N-methyl/N-ethyl adjacent to an activating group) is 2. The van der Waals surface area contributed by atoms with Gasteiger partial charge in [-0.15, -0.1) is 0 Å². The molecule has 3 heterocycles. The zero-order valence-electron chi connectivity index (χ0n) is 15.2. The number of aromatic nitrogens is 1. The number of nitrogens with zero attached hydrogens (tertiary/aromatic N) is 3. The van der Waals surface area contributed by atoms with Crippen molar-refractivity contribution in [1.29, 1.82) is 0 Å². The van der Waals surface area contributed by atoms with Gasteiger partial charge in [0.2, 0.25) is 5.91 Å². The van der Waals surface area contributed by atoms with Crippen LogP contribution in [0.4, 0.5) is 4.79 Å². The van der Waals surface area contributed by atoms with Crippen LogP contribution in [0, 0.1) is 5.92 Å². The van der Waals surface area contributed by atoms with Crippen LogP contribution in [0.5, 0.6) is 0 Å². The average molecular weight is 352 g/mol. The number of likely N-dealkylation sites (tertiary alicyclic amines) is 1. The number of aromatic amines is 1. The molecule has 6 nitrogen and oxygen atoms in total. The van der Waals surface area contributed by atoms with Gasteiger partial charge in [0.25, 0.3) is 0 Å². The van der Waals surface area contributed by atoms with E-state index in [1.807, 2.05) is 0 Å². The van der Waals surface area contributed by atoms with Gasteiger partial charge in [0.1, 0.15) is 6.54 Å². The molecule has 1 aliphatic carbocycles. The number of carbonyl (C=O) groups excluding carboxylic acids is 2. The molecule has 1 aromatic heterocycles. The number of amides is 3. The maximum absolute atomic E-state index is 12.2. The molecule has 5 rings (SSSR count). The Bertz CT molecular complexity index is 904. The lowest BCUT2D eigenvalue weighted by atomic mass is 9.72. The van der Waals surface area contributed by atoms with Crippen molar-refractivity contribution in [2.75, 3.05) is 33.7 Å². The SMILES string of the molecule is CN1CC(=O)N(C[C@@H]2C[C@@H]3c4cccc5[nH]cc(c45)C[C@H]3N(C)C2)C1=O. The third-order valence-electron chi connectivity index (χ3n) is 6.48. The van der Waals surface area contributed by atoms with Crippen LogP contribution < -0.4 is 0 Å². The molecule has 0 bridgehead atoms. The molecule has 2 aliphatic heterocycles. The lowest BCUT2D eigenvalue weighted by Crippen LogP contribution is -2.50. The van der Waals surface area contributed by atoms with Gasteiger partial charge in [-0.05, 0) is 43.0 Å². The van der Waals surface area contributed by atoms with E-state index in [4.69, 9.17) is 0 Å². The van der Waals surface area contributed by atoms with Crippen LogP contribution in [-0.4, -0.2) is 71.4 Å². The van der Waals surface area contributed by atoms with Crippen molar-refractivity contribution in [3.05, 3.63) is 35.5 Å². The predicted octanol–water partition coefficient (Wildman–Crippen LogP) is 2.02. The van der Waals surface area contributed by atoms with Crippen molar-refractivity contribution in [2.45, 2.75) is 24.8 Å². The highest BCUT2D eigenvalue weighted by atomic mass is 16.2. The molecule has 6 heteroatoms. The molecule has 3 aliphatic rings.